The summed E-state index contributed by atoms with van der Waals surface area (Å²) in [5, 5.41) is 4.17. The molecule has 0 amide bonds. The van der Waals surface area contributed by atoms with Gasteiger partial charge in [-0.3, -0.25) is 4.72 Å². The summed E-state index contributed by atoms with van der Waals surface area (Å²) in [6.07, 6.45) is 5.39. The highest BCUT2D eigenvalue weighted by atomic mass is 35.5. The van der Waals surface area contributed by atoms with Crippen LogP contribution in [0.15, 0.2) is 77.7 Å². The Labute approximate surface area is 194 Å². The lowest BCUT2D eigenvalue weighted by atomic mass is 9.77. The number of nitrogens with one attached hydrogen (secondary N) is 2. The number of rotatable bonds is 4. The summed E-state index contributed by atoms with van der Waals surface area (Å²) in [4.78, 5) is 0.255. The summed E-state index contributed by atoms with van der Waals surface area (Å²) in [6.45, 7) is 3.94. The van der Waals surface area contributed by atoms with Gasteiger partial charge in [0.05, 0.1) is 16.6 Å². The number of allylic oxidation sites excluding steroid dienone is 2. The topological polar surface area (TPSA) is 58.2 Å². The molecule has 3 atom stereocenters. The molecular weight excluding hydrogens is 440 g/mol. The van der Waals surface area contributed by atoms with Crippen LogP contribution < -0.4 is 10.0 Å². The normalized spacial score (nSPS) is 21.5. The lowest BCUT2D eigenvalue weighted by Crippen LogP contribution is -2.29. The van der Waals surface area contributed by atoms with Crippen LogP contribution in [0.1, 0.15) is 40.6 Å². The van der Waals surface area contributed by atoms with E-state index in [-0.39, 0.29) is 16.9 Å². The molecule has 1 aliphatic heterocycles. The number of halogens is 1. The molecule has 2 aliphatic rings. The van der Waals surface area contributed by atoms with E-state index in [0.29, 0.717) is 16.6 Å². The van der Waals surface area contributed by atoms with Gasteiger partial charge in [0.1, 0.15) is 0 Å². The van der Waals surface area contributed by atoms with Crippen LogP contribution in [0.25, 0.3) is 0 Å². The fourth-order valence-electron chi connectivity index (χ4n) is 4.75. The van der Waals surface area contributed by atoms with Crippen molar-refractivity contribution in [3.63, 3.8) is 0 Å². The molecule has 0 saturated carbocycles. The lowest BCUT2D eigenvalue weighted by molar-refractivity contribution is 0.425. The summed E-state index contributed by atoms with van der Waals surface area (Å²) in [5.74, 6) is 0.534. The number of sulfonamides is 1. The second kappa shape index (κ2) is 7.98. The van der Waals surface area contributed by atoms with Crippen LogP contribution in [0.4, 0.5) is 11.4 Å². The molecule has 0 bridgehead atoms. The van der Waals surface area contributed by atoms with Crippen molar-refractivity contribution >= 4 is 33.0 Å². The second-order valence-corrected chi connectivity index (χ2v) is 10.8. The highest BCUT2D eigenvalue weighted by molar-refractivity contribution is 7.92. The van der Waals surface area contributed by atoms with E-state index in [2.05, 4.69) is 53.4 Å². The largest absolute Gasteiger partial charge is 0.378 e. The van der Waals surface area contributed by atoms with Gasteiger partial charge in [-0.05, 0) is 73.2 Å². The molecule has 4 nitrogen and oxygen atoms in total. The molecule has 0 saturated heterocycles. The van der Waals surface area contributed by atoms with Crippen molar-refractivity contribution in [2.24, 2.45) is 5.92 Å². The van der Waals surface area contributed by atoms with Crippen LogP contribution in [-0.2, 0) is 10.0 Å². The Balaban J connectivity index is 1.49. The van der Waals surface area contributed by atoms with Crippen molar-refractivity contribution in [1.29, 1.82) is 0 Å². The molecule has 6 heteroatoms. The summed E-state index contributed by atoms with van der Waals surface area (Å²) >= 11 is 6.07. The van der Waals surface area contributed by atoms with Crippen LogP contribution in [0, 0.1) is 19.8 Å². The molecule has 0 unspecified atom stereocenters. The quantitative estimate of drug-likeness (QED) is 0.428. The molecule has 3 aromatic rings. The fraction of sp³-hybridized carbons (Fsp3) is 0.231. The van der Waals surface area contributed by atoms with Gasteiger partial charge in [0.15, 0.2) is 0 Å². The van der Waals surface area contributed by atoms with Gasteiger partial charge in [-0.25, -0.2) is 8.42 Å². The van der Waals surface area contributed by atoms with Gasteiger partial charge < -0.3 is 5.32 Å². The third-order valence-electron chi connectivity index (χ3n) is 6.52. The molecule has 0 radical (unpaired) electrons. The molecule has 0 spiro atoms. The highest BCUT2D eigenvalue weighted by Gasteiger charge is 2.38. The third-order valence-corrected chi connectivity index (χ3v) is 8.12. The number of aryl methyl sites for hydroxylation is 2. The van der Waals surface area contributed by atoms with Gasteiger partial charge in [-0.2, -0.15) is 0 Å². The lowest BCUT2D eigenvalue weighted by Gasteiger charge is -2.37. The van der Waals surface area contributed by atoms with Crippen molar-refractivity contribution in [3.05, 3.63) is 100 Å². The van der Waals surface area contributed by atoms with Gasteiger partial charge in [0.25, 0.3) is 10.0 Å². The van der Waals surface area contributed by atoms with Gasteiger partial charge in [-0.1, -0.05) is 59.6 Å². The van der Waals surface area contributed by atoms with Crippen molar-refractivity contribution in [3.8, 4) is 0 Å². The minimum Gasteiger partial charge on any atom is -0.378 e. The SMILES string of the molecule is Cc1ccc([C@H]2Nc3ccc(S(=O)(=O)Nc4cc(Cl)ccc4C)cc3[C@H]3C=CC[C@H]32)cc1. The number of fused-ring (bicyclic) bond motifs is 3. The Morgan fingerprint density at radius 2 is 1.78 bits per heavy atom. The predicted molar refractivity (Wildman–Crippen MR) is 131 cm³/mol. The van der Waals surface area contributed by atoms with Gasteiger partial charge in [0, 0.05) is 16.6 Å². The zero-order valence-corrected chi connectivity index (χ0v) is 19.5. The number of anilines is 2. The third kappa shape index (κ3) is 3.80. The van der Waals surface area contributed by atoms with Crippen LogP contribution >= 0.6 is 11.6 Å². The van der Waals surface area contributed by atoms with E-state index >= 15 is 0 Å². The summed E-state index contributed by atoms with van der Waals surface area (Å²) < 4.78 is 29.0. The predicted octanol–water partition coefficient (Wildman–Crippen LogP) is 6.58. The number of hydrogen-bond acceptors (Lipinski definition) is 3. The van der Waals surface area contributed by atoms with Crippen LogP contribution in [0.5, 0.6) is 0 Å². The van der Waals surface area contributed by atoms with E-state index in [4.69, 9.17) is 11.6 Å². The van der Waals surface area contributed by atoms with Gasteiger partial charge >= 0.3 is 0 Å². The number of hydrogen-bond donors (Lipinski definition) is 2. The van der Waals surface area contributed by atoms with Crippen LogP contribution in [-0.4, -0.2) is 8.42 Å². The summed E-state index contributed by atoms with van der Waals surface area (Å²) in [7, 11) is -3.75. The molecule has 0 fully saturated rings. The van der Waals surface area contributed by atoms with Crippen molar-refractivity contribution in [1.82, 2.24) is 0 Å². The van der Waals surface area contributed by atoms with Gasteiger partial charge in [0.2, 0.25) is 0 Å². The Morgan fingerprint density at radius 1 is 1.00 bits per heavy atom. The highest BCUT2D eigenvalue weighted by Crippen LogP contribution is 2.50. The van der Waals surface area contributed by atoms with Crippen molar-refractivity contribution in [2.75, 3.05) is 10.0 Å². The molecule has 32 heavy (non-hydrogen) atoms. The first-order valence-corrected chi connectivity index (χ1v) is 12.6. The Kier molecular flexibility index (Phi) is 5.26. The molecular formula is C26H25ClN2O2S. The first-order valence-electron chi connectivity index (χ1n) is 10.7. The van der Waals surface area contributed by atoms with E-state index in [1.165, 1.54) is 11.1 Å². The average molecular weight is 465 g/mol. The maximum atomic E-state index is 13.2. The minimum absolute atomic E-state index is 0.181. The first-order chi connectivity index (χ1) is 15.3. The molecule has 2 N–H and O–H groups in total. The zero-order chi connectivity index (χ0) is 22.5. The Hall–Kier alpha value is -2.76. The van der Waals surface area contributed by atoms with Crippen molar-refractivity contribution < 1.29 is 8.42 Å². The van der Waals surface area contributed by atoms with E-state index in [0.717, 1.165) is 23.2 Å². The maximum Gasteiger partial charge on any atom is 0.261 e. The van der Waals surface area contributed by atoms with Gasteiger partial charge in [-0.15, -0.1) is 0 Å². The molecule has 5 rings (SSSR count). The monoisotopic (exact) mass is 464 g/mol. The van der Waals surface area contributed by atoms with E-state index in [1.54, 1.807) is 24.3 Å². The molecule has 3 aromatic carbocycles. The molecule has 0 aromatic heterocycles. The first kappa shape index (κ1) is 21.1. The van der Waals surface area contributed by atoms with Crippen molar-refractivity contribution in [2.45, 2.75) is 37.1 Å². The van der Waals surface area contributed by atoms with Crippen LogP contribution in [0.2, 0.25) is 5.02 Å². The zero-order valence-electron chi connectivity index (χ0n) is 18.0. The Bertz CT molecular complexity index is 1320. The molecule has 1 aliphatic carbocycles. The van der Waals surface area contributed by atoms with E-state index < -0.39 is 10.0 Å². The Morgan fingerprint density at radius 3 is 2.56 bits per heavy atom. The maximum absolute atomic E-state index is 13.2. The summed E-state index contributed by atoms with van der Waals surface area (Å²) in [6, 6.07) is 19.4. The van der Waals surface area contributed by atoms with E-state index in [9.17, 15) is 8.42 Å². The van der Waals surface area contributed by atoms with E-state index in [1.807, 2.05) is 19.1 Å². The average Bonchev–Trinajstić information content (AvgIpc) is 3.26. The smallest absolute Gasteiger partial charge is 0.261 e. The molecule has 164 valence electrons. The standard InChI is InChI=1S/C26H25ClN2O2S/c1-16-6-9-18(10-7-16)26-22-5-3-4-21(22)23-15-20(12-13-24(23)28-26)32(30,31)29-25-14-19(27)11-8-17(25)2/h3-4,6-15,21-22,26,28-29H,5H2,1-2H3/t21-,22+,26+/m0/s1. The summed E-state index contributed by atoms with van der Waals surface area (Å²) in [5.41, 5.74) is 5.82. The van der Waals surface area contributed by atoms with Crippen LogP contribution in [0.3, 0.4) is 0 Å². The molecule has 1 heterocycles. The fourth-order valence-corrected chi connectivity index (χ4v) is 6.08. The minimum atomic E-state index is -3.75. The number of benzene rings is 3. The second-order valence-electron chi connectivity index (χ2n) is 8.70.